The van der Waals surface area contributed by atoms with Gasteiger partial charge in [0.2, 0.25) is 0 Å². The van der Waals surface area contributed by atoms with E-state index in [1.165, 1.54) is 23.4 Å². The van der Waals surface area contributed by atoms with Crippen LogP contribution >= 0.6 is 23.6 Å². The summed E-state index contributed by atoms with van der Waals surface area (Å²) in [5.41, 5.74) is 3.28. The fourth-order valence-electron chi connectivity index (χ4n) is 2.72. The minimum Gasteiger partial charge on any atom is -0.327 e. The Kier molecular flexibility index (Phi) is 3.94. The zero-order valence-electron chi connectivity index (χ0n) is 13.3. The molecule has 0 atom stereocenters. The van der Waals surface area contributed by atoms with Crippen molar-refractivity contribution in [2.24, 2.45) is 0 Å². The molecule has 2 aliphatic rings. The number of carbonyl (C=O) groups excluding carboxylic acids is 1. The fraction of sp³-hybridized carbons (Fsp3) is 0.278. The van der Waals surface area contributed by atoms with Crippen LogP contribution in [0.2, 0.25) is 0 Å². The Morgan fingerprint density at radius 2 is 2.29 bits per heavy atom. The maximum absolute atomic E-state index is 12.8. The smallest absolute Gasteiger partial charge is 0.281 e. The maximum Gasteiger partial charge on any atom is 0.281 e. The van der Waals surface area contributed by atoms with Gasteiger partial charge < -0.3 is 5.32 Å². The summed E-state index contributed by atoms with van der Waals surface area (Å²) >= 11 is 7.03. The summed E-state index contributed by atoms with van der Waals surface area (Å²) in [6.07, 6.45) is 5.17. The Morgan fingerprint density at radius 3 is 3.04 bits per heavy atom. The van der Waals surface area contributed by atoms with Crippen molar-refractivity contribution < 1.29 is 4.79 Å². The number of thiocarbonyl (C=S) groups is 1. The zero-order valence-corrected chi connectivity index (χ0v) is 14.9. The van der Waals surface area contributed by atoms with Gasteiger partial charge in [-0.2, -0.15) is 0 Å². The number of carbonyl (C=O) groups is 1. The molecular formula is C18H17N3OS2. The van der Waals surface area contributed by atoms with Crippen LogP contribution in [-0.4, -0.2) is 16.0 Å². The molecular weight excluding hydrogens is 338 g/mol. The third-order valence-electron chi connectivity index (χ3n) is 4.21. The number of anilines is 1. The predicted octanol–water partition coefficient (Wildman–Crippen LogP) is 3.85. The summed E-state index contributed by atoms with van der Waals surface area (Å²) in [7, 11) is 0. The third-order valence-corrected chi connectivity index (χ3v) is 5.52. The summed E-state index contributed by atoms with van der Waals surface area (Å²) in [5.74, 6) is 0.498. The molecule has 122 valence electrons. The number of rotatable bonds is 4. The number of thiazole rings is 1. The van der Waals surface area contributed by atoms with E-state index in [2.05, 4.69) is 17.2 Å². The number of nitrogens with one attached hydrogen (secondary N) is 1. The highest BCUT2D eigenvalue weighted by Crippen LogP contribution is 2.41. The van der Waals surface area contributed by atoms with Crippen molar-refractivity contribution in [3.8, 4) is 0 Å². The third kappa shape index (κ3) is 2.87. The minimum atomic E-state index is -0.130. The van der Waals surface area contributed by atoms with Crippen LogP contribution in [0.15, 0.2) is 35.3 Å². The van der Waals surface area contributed by atoms with Crippen molar-refractivity contribution in [3.05, 3.63) is 51.6 Å². The van der Waals surface area contributed by atoms with Gasteiger partial charge in [0.15, 0.2) is 5.11 Å². The van der Waals surface area contributed by atoms with Crippen LogP contribution in [0.1, 0.15) is 41.9 Å². The van der Waals surface area contributed by atoms with Gasteiger partial charge in [-0.25, -0.2) is 4.98 Å². The lowest BCUT2D eigenvalue weighted by Crippen LogP contribution is -2.30. The summed E-state index contributed by atoms with van der Waals surface area (Å²) < 4.78 is 0. The number of hydrogen-bond acceptors (Lipinski definition) is 4. The van der Waals surface area contributed by atoms with Gasteiger partial charge in [-0.05, 0) is 55.3 Å². The van der Waals surface area contributed by atoms with Crippen molar-refractivity contribution in [1.82, 2.24) is 10.3 Å². The van der Waals surface area contributed by atoms with E-state index in [0.29, 0.717) is 16.7 Å². The number of amides is 1. The van der Waals surface area contributed by atoms with E-state index < -0.39 is 0 Å². The van der Waals surface area contributed by atoms with E-state index in [1.807, 2.05) is 29.6 Å². The summed E-state index contributed by atoms with van der Waals surface area (Å²) in [5, 5.41) is 6.61. The van der Waals surface area contributed by atoms with Crippen LogP contribution in [0.3, 0.4) is 0 Å². The molecule has 2 aromatic rings. The largest absolute Gasteiger partial charge is 0.327 e. The van der Waals surface area contributed by atoms with Gasteiger partial charge in [0.1, 0.15) is 5.70 Å². The minimum absolute atomic E-state index is 0.130. The fourth-order valence-corrected chi connectivity index (χ4v) is 3.96. The molecule has 1 saturated heterocycles. The van der Waals surface area contributed by atoms with Crippen molar-refractivity contribution in [2.45, 2.75) is 32.1 Å². The van der Waals surface area contributed by atoms with E-state index in [1.54, 1.807) is 22.3 Å². The molecule has 1 saturated carbocycles. The SMILES string of the molecule is CCc1cccc(N2C(=O)/C(=C/c3csc(C4CC4)n3)NC2=S)c1. The molecule has 0 spiro atoms. The monoisotopic (exact) mass is 355 g/mol. The predicted molar refractivity (Wildman–Crippen MR) is 101 cm³/mol. The van der Waals surface area contributed by atoms with Crippen LogP contribution in [0, 0.1) is 0 Å². The van der Waals surface area contributed by atoms with Crippen LogP contribution < -0.4 is 10.2 Å². The molecule has 1 aromatic heterocycles. The van der Waals surface area contributed by atoms with Gasteiger partial charge in [0.25, 0.3) is 5.91 Å². The maximum atomic E-state index is 12.8. The quantitative estimate of drug-likeness (QED) is 0.668. The van der Waals surface area contributed by atoms with Crippen molar-refractivity contribution in [2.75, 3.05) is 4.90 Å². The lowest BCUT2D eigenvalue weighted by molar-refractivity contribution is -0.113. The Morgan fingerprint density at radius 1 is 1.46 bits per heavy atom. The Balaban J connectivity index is 1.61. The van der Waals surface area contributed by atoms with Crippen molar-refractivity contribution in [3.63, 3.8) is 0 Å². The molecule has 0 radical (unpaired) electrons. The second kappa shape index (κ2) is 6.11. The highest BCUT2D eigenvalue weighted by molar-refractivity contribution is 7.80. The van der Waals surface area contributed by atoms with E-state index in [9.17, 15) is 4.79 Å². The molecule has 1 amide bonds. The number of aryl methyl sites for hydroxylation is 1. The van der Waals surface area contributed by atoms with Gasteiger partial charge in [0.05, 0.1) is 16.4 Å². The summed E-state index contributed by atoms with van der Waals surface area (Å²) in [4.78, 5) is 18.9. The van der Waals surface area contributed by atoms with Gasteiger partial charge in [-0.3, -0.25) is 9.69 Å². The molecule has 6 heteroatoms. The molecule has 2 heterocycles. The normalized spacial score (nSPS) is 19.2. The molecule has 1 N–H and O–H groups in total. The molecule has 1 aliphatic heterocycles. The topological polar surface area (TPSA) is 45.2 Å². The Labute approximate surface area is 150 Å². The van der Waals surface area contributed by atoms with Crippen LogP contribution in [0.25, 0.3) is 6.08 Å². The van der Waals surface area contributed by atoms with Gasteiger partial charge in [-0.15, -0.1) is 11.3 Å². The van der Waals surface area contributed by atoms with E-state index in [0.717, 1.165) is 17.8 Å². The van der Waals surface area contributed by atoms with Crippen LogP contribution in [-0.2, 0) is 11.2 Å². The van der Waals surface area contributed by atoms with Crippen LogP contribution in [0.4, 0.5) is 5.69 Å². The lowest BCUT2D eigenvalue weighted by atomic mass is 10.1. The second-order valence-electron chi connectivity index (χ2n) is 6.04. The summed E-state index contributed by atoms with van der Waals surface area (Å²) in [6, 6.07) is 7.91. The highest BCUT2D eigenvalue weighted by atomic mass is 32.1. The Bertz CT molecular complexity index is 851. The highest BCUT2D eigenvalue weighted by Gasteiger charge is 2.32. The Hall–Kier alpha value is -2.05. The molecule has 4 nitrogen and oxygen atoms in total. The van der Waals surface area contributed by atoms with E-state index in [4.69, 9.17) is 12.2 Å². The molecule has 0 bridgehead atoms. The molecule has 1 aromatic carbocycles. The molecule has 24 heavy (non-hydrogen) atoms. The first-order valence-corrected chi connectivity index (χ1v) is 9.36. The zero-order chi connectivity index (χ0) is 16.7. The van der Waals surface area contributed by atoms with E-state index in [-0.39, 0.29) is 5.91 Å². The van der Waals surface area contributed by atoms with Crippen molar-refractivity contribution in [1.29, 1.82) is 0 Å². The second-order valence-corrected chi connectivity index (χ2v) is 7.31. The molecule has 2 fully saturated rings. The molecule has 0 unspecified atom stereocenters. The number of benzene rings is 1. The molecule has 4 rings (SSSR count). The van der Waals surface area contributed by atoms with E-state index >= 15 is 0 Å². The first kappa shape index (κ1) is 15.5. The first-order chi connectivity index (χ1) is 11.7. The average molecular weight is 355 g/mol. The standard InChI is InChI=1S/C18H17N3OS2/c1-2-11-4-3-5-14(8-11)21-17(22)15(20-18(21)23)9-13-10-24-16(19-13)12-6-7-12/h3-5,8-10,12H,2,6-7H2,1H3,(H,20,23)/b15-9-. The van der Waals surface area contributed by atoms with Gasteiger partial charge >= 0.3 is 0 Å². The number of aromatic nitrogens is 1. The summed E-state index contributed by atoms with van der Waals surface area (Å²) in [6.45, 7) is 2.09. The van der Waals surface area contributed by atoms with Crippen LogP contribution in [0.5, 0.6) is 0 Å². The lowest BCUT2D eigenvalue weighted by Gasteiger charge is -2.14. The first-order valence-electron chi connectivity index (χ1n) is 8.07. The molecule has 1 aliphatic carbocycles. The van der Waals surface area contributed by atoms with Crippen molar-refractivity contribution >= 4 is 46.3 Å². The number of nitrogens with zero attached hydrogens (tertiary/aromatic N) is 2. The van der Waals surface area contributed by atoms with Gasteiger partial charge in [-0.1, -0.05) is 19.1 Å². The number of hydrogen-bond donors (Lipinski definition) is 1. The van der Waals surface area contributed by atoms with Gasteiger partial charge in [0, 0.05) is 11.3 Å². The average Bonchev–Trinajstić information content (AvgIpc) is 3.27.